The number of aromatic amines is 1. The van der Waals surface area contributed by atoms with Gasteiger partial charge >= 0.3 is 6.18 Å². The average Bonchev–Trinajstić information content (AvgIpc) is 3.15. The summed E-state index contributed by atoms with van der Waals surface area (Å²) in [6, 6.07) is 7.60. The molecule has 0 spiro atoms. The lowest BCUT2D eigenvalue weighted by Gasteiger charge is -2.50. The molecule has 0 amide bonds. The molecular weight excluding hydrogens is 554 g/mol. The van der Waals surface area contributed by atoms with Crippen LogP contribution in [0.15, 0.2) is 41.3 Å². The number of hydrogen-bond donors (Lipinski definition) is 4. The summed E-state index contributed by atoms with van der Waals surface area (Å²) in [5, 5.41) is 8.53. The number of nitrogens with zero attached hydrogens (tertiary/aromatic N) is 3. The second-order valence-electron chi connectivity index (χ2n) is 9.24. The zero-order valence-corrected chi connectivity index (χ0v) is 22.4. The van der Waals surface area contributed by atoms with E-state index in [1.807, 2.05) is 20.8 Å². The Morgan fingerprint density at radius 1 is 1.19 bits per heavy atom. The van der Waals surface area contributed by atoms with Crippen LogP contribution in [0.3, 0.4) is 0 Å². The van der Waals surface area contributed by atoms with E-state index in [0.717, 1.165) is 6.07 Å². The lowest BCUT2D eigenvalue weighted by atomic mass is 9.92. The zero-order valence-electron chi connectivity index (χ0n) is 20.0. The number of aromatic nitrogens is 3. The molecule has 0 unspecified atom stereocenters. The van der Waals surface area contributed by atoms with E-state index < -0.39 is 27.3 Å². The molecule has 1 fully saturated rings. The number of hydrogen-bond acceptors (Lipinski definition) is 7. The Morgan fingerprint density at radius 3 is 2.32 bits per heavy atom. The fourth-order valence-electron chi connectivity index (χ4n) is 4.12. The molecule has 1 aromatic heterocycles. The molecule has 2 aromatic carbocycles. The Labute approximate surface area is 223 Å². The van der Waals surface area contributed by atoms with Crippen LogP contribution in [-0.4, -0.2) is 53.2 Å². The zero-order chi connectivity index (χ0) is 26.5. The predicted molar refractivity (Wildman–Crippen MR) is 139 cm³/mol. The molecule has 0 radical (unpaired) electrons. The third-order valence-corrected chi connectivity index (χ3v) is 7.78. The van der Waals surface area contributed by atoms with E-state index in [9.17, 15) is 21.6 Å². The lowest BCUT2D eigenvalue weighted by molar-refractivity contribution is -0.137. The van der Waals surface area contributed by atoms with Crippen molar-refractivity contribution in [3.8, 4) is 11.1 Å². The SMILES string of the molecule is CC(C)N1CC(C)(NS(=O)(=O)c2ccc(-c3c(Cl)cc(Nc4n[nH]c(N)n4)cc3C(F)(F)F)cc2)C1.Cl. The van der Waals surface area contributed by atoms with Crippen LogP contribution >= 0.6 is 24.0 Å². The van der Waals surface area contributed by atoms with E-state index in [0.29, 0.717) is 19.1 Å². The summed E-state index contributed by atoms with van der Waals surface area (Å²) >= 11 is 6.28. The van der Waals surface area contributed by atoms with E-state index in [4.69, 9.17) is 17.3 Å². The first-order chi connectivity index (χ1) is 16.7. The molecule has 9 nitrogen and oxygen atoms in total. The molecule has 1 saturated heterocycles. The first kappa shape index (κ1) is 29.0. The van der Waals surface area contributed by atoms with E-state index in [2.05, 4.69) is 30.1 Å². The Morgan fingerprint density at radius 2 is 1.81 bits per heavy atom. The maximum atomic E-state index is 14.0. The van der Waals surface area contributed by atoms with Gasteiger partial charge in [0.1, 0.15) is 0 Å². The molecule has 5 N–H and O–H groups in total. The van der Waals surface area contributed by atoms with Gasteiger partial charge in [-0.2, -0.15) is 18.2 Å². The van der Waals surface area contributed by atoms with Crippen LogP contribution in [-0.2, 0) is 16.2 Å². The standard InChI is InChI=1S/C22H25ClF3N7O2S.ClH/c1-12(2)33-10-21(3,11-33)32-36(34,35)15-6-4-13(5-7-15)18-16(22(24,25)26)8-14(9-17(18)23)28-20-29-19(27)30-31-20;/h4-9,12,32H,10-11H2,1-3H3,(H4,27,28,29,30,31);1H. The van der Waals surface area contributed by atoms with Crippen molar-refractivity contribution in [2.24, 2.45) is 0 Å². The van der Waals surface area contributed by atoms with Gasteiger partial charge in [0.2, 0.25) is 21.9 Å². The van der Waals surface area contributed by atoms with Crippen molar-refractivity contribution in [1.29, 1.82) is 0 Å². The molecular formula is C22H26Cl2F3N7O2S. The molecule has 15 heteroatoms. The quantitative estimate of drug-likeness (QED) is 0.320. The lowest BCUT2D eigenvalue weighted by Crippen LogP contribution is -2.69. The molecule has 0 atom stereocenters. The number of nitrogens with one attached hydrogen (secondary N) is 3. The van der Waals surface area contributed by atoms with Crippen molar-refractivity contribution in [2.75, 3.05) is 24.1 Å². The van der Waals surface area contributed by atoms with Crippen LogP contribution in [0.5, 0.6) is 0 Å². The highest BCUT2D eigenvalue weighted by atomic mass is 35.5. The van der Waals surface area contributed by atoms with E-state index in [-0.39, 0.29) is 51.0 Å². The van der Waals surface area contributed by atoms with Crippen molar-refractivity contribution in [3.63, 3.8) is 0 Å². The normalized spacial score (nSPS) is 15.8. The third kappa shape index (κ3) is 6.29. The van der Waals surface area contributed by atoms with Crippen LogP contribution < -0.4 is 15.8 Å². The number of halogens is 5. The Bertz CT molecular complexity index is 1370. The van der Waals surface area contributed by atoms with Gasteiger partial charge in [0.25, 0.3) is 0 Å². The van der Waals surface area contributed by atoms with Crippen molar-refractivity contribution in [1.82, 2.24) is 24.8 Å². The van der Waals surface area contributed by atoms with Gasteiger partial charge in [0.05, 0.1) is 21.0 Å². The number of alkyl halides is 3. The van der Waals surface area contributed by atoms with Gasteiger partial charge < -0.3 is 11.1 Å². The van der Waals surface area contributed by atoms with Gasteiger partial charge in [0.15, 0.2) is 0 Å². The van der Waals surface area contributed by atoms with Gasteiger partial charge in [0, 0.05) is 30.4 Å². The number of anilines is 3. The first-order valence-electron chi connectivity index (χ1n) is 10.9. The minimum absolute atomic E-state index is 0. The highest BCUT2D eigenvalue weighted by Crippen LogP contribution is 2.43. The topological polar surface area (TPSA) is 129 Å². The molecule has 1 aliphatic heterocycles. The smallest absolute Gasteiger partial charge is 0.368 e. The van der Waals surface area contributed by atoms with Crippen LogP contribution in [0, 0.1) is 0 Å². The highest BCUT2D eigenvalue weighted by molar-refractivity contribution is 7.89. The number of rotatable bonds is 7. The van der Waals surface area contributed by atoms with Crippen molar-refractivity contribution >= 4 is 51.6 Å². The Kier molecular flexibility index (Phi) is 8.06. The Hall–Kier alpha value is -2.58. The minimum atomic E-state index is -4.75. The number of nitrogen functional groups attached to an aromatic ring is 1. The molecule has 202 valence electrons. The number of benzene rings is 2. The molecule has 4 rings (SSSR count). The van der Waals surface area contributed by atoms with Gasteiger partial charge in [-0.25, -0.2) is 18.2 Å². The summed E-state index contributed by atoms with van der Waals surface area (Å²) in [6.45, 7) is 7.00. The minimum Gasteiger partial charge on any atom is -0.368 e. The number of H-pyrrole nitrogens is 1. The summed E-state index contributed by atoms with van der Waals surface area (Å²) in [5.74, 6) is -0.0347. The third-order valence-electron chi connectivity index (χ3n) is 5.82. The van der Waals surface area contributed by atoms with E-state index >= 15 is 0 Å². The molecule has 0 aliphatic carbocycles. The second-order valence-corrected chi connectivity index (χ2v) is 11.3. The second kappa shape index (κ2) is 10.3. The highest BCUT2D eigenvalue weighted by Gasteiger charge is 2.43. The van der Waals surface area contributed by atoms with Crippen LogP contribution in [0.25, 0.3) is 11.1 Å². The van der Waals surface area contributed by atoms with Gasteiger partial charge in [-0.15, -0.1) is 17.5 Å². The fraction of sp³-hybridized carbons (Fsp3) is 0.364. The van der Waals surface area contributed by atoms with Crippen LogP contribution in [0.2, 0.25) is 5.02 Å². The maximum Gasteiger partial charge on any atom is 0.417 e. The number of likely N-dealkylation sites (tertiary alicyclic amines) is 1. The Balaban J connectivity index is 0.00000380. The number of nitrogens with two attached hydrogens (primary N) is 1. The summed E-state index contributed by atoms with van der Waals surface area (Å²) in [5.41, 5.74) is 3.65. The first-order valence-corrected chi connectivity index (χ1v) is 12.8. The summed E-state index contributed by atoms with van der Waals surface area (Å²) in [4.78, 5) is 5.87. The maximum absolute atomic E-state index is 14.0. The van der Waals surface area contributed by atoms with Crippen molar-refractivity contribution in [3.05, 3.63) is 47.0 Å². The number of sulfonamides is 1. The summed E-state index contributed by atoms with van der Waals surface area (Å²) < 4.78 is 70.4. The van der Waals surface area contributed by atoms with Gasteiger partial charge in [-0.3, -0.25) is 4.90 Å². The summed E-state index contributed by atoms with van der Waals surface area (Å²) in [7, 11) is -3.88. The molecule has 0 saturated carbocycles. The molecule has 0 bridgehead atoms. The average molecular weight is 580 g/mol. The van der Waals surface area contributed by atoms with E-state index in [1.54, 1.807) is 0 Å². The largest absolute Gasteiger partial charge is 0.417 e. The van der Waals surface area contributed by atoms with E-state index in [1.165, 1.54) is 30.3 Å². The van der Waals surface area contributed by atoms with Crippen molar-refractivity contribution in [2.45, 2.75) is 43.4 Å². The van der Waals surface area contributed by atoms with Gasteiger partial charge in [-0.1, -0.05) is 23.7 Å². The van der Waals surface area contributed by atoms with Gasteiger partial charge in [-0.05, 0) is 50.6 Å². The molecule has 37 heavy (non-hydrogen) atoms. The van der Waals surface area contributed by atoms with Crippen molar-refractivity contribution < 1.29 is 21.6 Å². The molecule has 3 aromatic rings. The predicted octanol–water partition coefficient (Wildman–Crippen LogP) is 4.65. The monoisotopic (exact) mass is 579 g/mol. The molecule has 2 heterocycles. The molecule has 1 aliphatic rings. The van der Waals surface area contributed by atoms with Crippen LogP contribution in [0.1, 0.15) is 26.3 Å². The van der Waals surface area contributed by atoms with Crippen LogP contribution in [0.4, 0.5) is 30.8 Å². The fourth-order valence-corrected chi connectivity index (χ4v) is 5.84. The summed E-state index contributed by atoms with van der Waals surface area (Å²) in [6.07, 6.45) is -4.75.